The molecule has 0 radical (unpaired) electrons. The molecule has 0 aliphatic heterocycles. The second-order valence-corrected chi connectivity index (χ2v) is 14.5. The summed E-state index contributed by atoms with van der Waals surface area (Å²) in [7, 11) is 0. The number of hydrogen-bond acceptors (Lipinski definition) is 2. The van der Waals surface area contributed by atoms with E-state index >= 15 is 0 Å². The fourth-order valence-electron chi connectivity index (χ4n) is 8.51. The van der Waals surface area contributed by atoms with Crippen molar-refractivity contribution in [1.29, 1.82) is 0 Å². The van der Waals surface area contributed by atoms with Crippen molar-refractivity contribution in [1.82, 2.24) is 19.1 Å². The van der Waals surface area contributed by atoms with E-state index in [1.807, 2.05) is 24.3 Å². The zero-order valence-electron chi connectivity index (χ0n) is 30.7. The standard InChI is InChI=1S/C52H36N4/c1-4-14-35(15-5-1)46-34-47(54-52(53-46)37-16-6-2-7-17-37)36-24-28-41(29-25-36)56-48-22-12-10-20-42(48)44-30-26-39(33-51(44)56)38-27-31-50-45(32-38)43-21-11-13-23-49(43)55(50)40-18-8-3-9-19-40/h1-10,12,14-34H,11,13H2. The van der Waals surface area contributed by atoms with E-state index in [4.69, 9.17) is 9.97 Å². The van der Waals surface area contributed by atoms with Gasteiger partial charge in [0.25, 0.3) is 0 Å². The van der Waals surface area contributed by atoms with Crippen molar-refractivity contribution in [2.24, 2.45) is 0 Å². The molecule has 0 saturated heterocycles. The molecule has 0 saturated carbocycles. The van der Waals surface area contributed by atoms with Gasteiger partial charge < -0.3 is 9.13 Å². The highest BCUT2D eigenvalue weighted by Gasteiger charge is 2.17. The first kappa shape index (κ1) is 32.2. The number of benzene rings is 7. The number of fused-ring (bicyclic) bond motifs is 6. The molecular weight excluding hydrogens is 681 g/mol. The molecule has 3 aromatic heterocycles. The molecule has 4 heteroatoms. The molecule has 264 valence electrons. The normalized spacial score (nSPS) is 12.4. The van der Waals surface area contributed by atoms with Crippen LogP contribution in [0, 0.1) is 0 Å². The van der Waals surface area contributed by atoms with Crippen LogP contribution in [0.1, 0.15) is 12.8 Å². The maximum absolute atomic E-state index is 5.08. The fraction of sp³-hybridized carbons (Fsp3) is 0.0385. The summed E-state index contributed by atoms with van der Waals surface area (Å²) in [5.74, 6) is 0.715. The highest BCUT2D eigenvalue weighted by Crippen LogP contribution is 2.36. The van der Waals surface area contributed by atoms with Crippen molar-refractivity contribution in [3.05, 3.63) is 193 Å². The van der Waals surface area contributed by atoms with Gasteiger partial charge in [-0.3, -0.25) is 0 Å². The van der Waals surface area contributed by atoms with Crippen LogP contribution >= 0.6 is 0 Å². The summed E-state index contributed by atoms with van der Waals surface area (Å²) in [6, 6.07) is 64.8. The molecule has 0 N–H and O–H groups in total. The van der Waals surface area contributed by atoms with Gasteiger partial charge in [0.15, 0.2) is 5.82 Å². The number of para-hydroxylation sites is 2. The van der Waals surface area contributed by atoms with Crippen molar-refractivity contribution < 1.29 is 0 Å². The summed E-state index contributed by atoms with van der Waals surface area (Å²) in [6.45, 7) is 0. The topological polar surface area (TPSA) is 35.6 Å². The van der Waals surface area contributed by atoms with Crippen LogP contribution in [0.5, 0.6) is 0 Å². The lowest BCUT2D eigenvalue weighted by Crippen LogP contribution is -2.30. The predicted octanol–water partition coefficient (Wildman–Crippen LogP) is 11.5. The van der Waals surface area contributed by atoms with Crippen molar-refractivity contribution in [2.75, 3.05) is 0 Å². The summed E-state index contributed by atoms with van der Waals surface area (Å²) in [6.07, 6.45) is 6.94. The molecule has 1 aliphatic carbocycles. The number of hydrogen-bond donors (Lipinski definition) is 0. The van der Waals surface area contributed by atoms with Crippen LogP contribution < -0.4 is 10.6 Å². The molecule has 10 aromatic rings. The molecular formula is C52H36N4. The van der Waals surface area contributed by atoms with Gasteiger partial charge in [-0.15, -0.1) is 0 Å². The molecule has 0 bridgehead atoms. The van der Waals surface area contributed by atoms with E-state index in [1.54, 1.807) is 0 Å². The fourth-order valence-corrected chi connectivity index (χ4v) is 8.51. The highest BCUT2D eigenvalue weighted by molar-refractivity contribution is 6.10. The number of rotatable bonds is 6. The summed E-state index contributed by atoms with van der Waals surface area (Å²) >= 11 is 0. The van der Waals surface area contributed by atoms with E-state index in [9.17, 15) is 0 Å². The first-order valence-corrected chi connectivity index (χ1v) is 19.3. The Morgan fingerprint density at radius 3 is 1.68 bits per heavy atom. The minimum atomic E-state index is 0.715. The summed E-state index contributed by atoms with van der Waals surface area (Å²) < 4.78 is 4.82. The smallest absolute Gasteiger partial charge is 0.160 e. The second-order valence-electron chi connectivity index (χ2n) is 14.5. The van der Waals surface area contributed by atoms with Gasteiger partial charge in [-0.1, -0.05) is 140 Å². The highest BCUT2D eigenvalue weighted by atomic mass is 15.0. The molecule has 0 unspecified atom stereocenters. The van der Waals surface area contributed by atoms with E-state index in [-0.39, 0.29) is 0 Å². The first-order chi connectivity index (χ1) is 27.8. The SMILES string of the molecule is C1=c2c(n(-c3ccccc3)c3ccc(-c4ccc5c6ccccc6n(-c6ccc(-c7cc(-c8ccccc8)nc(-c8ccccc8)n7)cc6)c5c4)cc23)=CCC1. The van der Waals surface area contributed by atoms with E-state index in [2.05, 4.69) is 179 Å². The quantitative estimate of drug-likeness (QED) is 0.172. The monoisotopic (exact) mass is 716 g/mol. The van der Waals surface area contributed by atoms with Gasteiger partial charge in [0, 0.05) is 54.8 Å². The summed E-state index contributed by atoms with van der Waals surface area (Å²) in [5, 5.41) is 6.40. The van der Waals surface area contributed by atoms with Crippen LogP contribution in [0.25, 0.3) is 101 Å². The molecule has 0 fully saturated rings. The zero-order valence-corrected chi connectivity index (χ0v) is 30.7. The number of aromatic nitrogens is 4. The molecule has 56 heavy (non-hydrogen) atoms. The van der Waals surface area contributed by atoms with Gasteiger partial charge in [0.05, 0.1) is 27.9 Å². The minimum Gasteiger partial charge on any atom is -0.310 e. The maximum atomic E-state index is 5.08. The third kappa shape index (κ3) is 5.38. The Kier molecular flexibility index (Phi) is 7.59. The molecule has 3 heterocycles. The van der Waals surface area contributed by atoms with Gasteiger partial charge >= 0.3 is 0 Å². The van der Waals surface area contributed by atoms with Crippen molar-refractivity contribution >= 4 is 44.9 Å². The lowest BCUT2D eigenvalue weighted by Gasteiger charge is -2.12. The van der Waals surface area contributed by atoms with Crippen molar-refractivity contribution in [2.45, 2.75) is 12.8 Å². The van der Waals surface area contributed by atoms with Crippen molar-refractivity contribution in [3.8, 4) is 56.4 Å². The van der Waals surface area contributed by atoms with Crippen LogP contribution in [0.2, 0.25) is 0 Å². The van der Waals surface area contributed by atoms with E-state index in [0.717, 1.165) is 46.6 Å². The molecule has 7 aromatic carbocycles. The van der Waals surface area contributed by atoms with Crippen LogP contribution in [0.3, 0.4) is 0 Å². The minimum absolute atomic E-state index is 0.715. The predicted molar refractivity (Wildman–Crippen MR) is 232 cm³/mol. The molecule has 0 amide bonds. The maximum Gasteiger partial charge on any atom is 0.160 e. The summed E-state index contributed by atoms with van der Waals surface area (Å²) in [5.41, 5.74) is 13.2. The first-order valence-electron chi connectivity index (χ1n) is 19.3. The average Bonchev–Trinajstić information content (AvgIpc) is 3.79. The van der Waals surface area contributed by atoms with Gasteiger partial charge in [0.2, 0.25) is 0 Å². The third-order valence-corrected chi connectivity index (χ3v) is 11.2. The van der Waals surface area contributed by atoms with E-state index in [0.29, 0.717) is 5.82 Å². The van der Waals surface area contributed by atoms with Gasteiger partial charge in [-0.2, -0.15) is 0 Å². The summed E-state index contributed by atoms with van der Waals surface area (Å²) in [4.78, 5) is 10.1. The van der Waals surface area contributed by atoms with Crippen LogP contribution in [-0.4, -0.2) is 19.1 Å². The van der Waals surface area contributed by atoms with Crippen molar-refractivity contribution in [3.63, 3.8) is 0 Å². The molecule has 0 atom stereocenters. The largest absolute Gasteiger partial charge is 0.310 e. The van der Waals surface area contributed by atoms with Gasteiger partial charge in [0.1, 0.15) is 0 Å². The molecule has 4 nitrogen and oxygen atoms in total. The Morgan fingerprint density at radius 2 is 0.911 bits per heavy atom. The van der Waals surface area contributed by atoms with Crippen LogP contribution in [0.4, 0.5) is 0 Å². The molecule has 0 spiro atoms. The molecule has 1 aliphatic rings. The van der Waals surface area contributed by atoms with Gasteiger partial charge in [-0.05, 0) is 78.6 Å². The van der Waals surface area contributed by atoms with Gasteiger partial charge in [-0.25, -0.2) is 9.97 Å². The van der Waals surface area contributed by atoms with E-state index in [1.165, 1.54) is 60.1 Å². The Balaban J connectivity index is 1.03. The Labute approximate surface area is 324 Å². The second kappa shape index (κ2) is 13.2. The molecule has 11 rings (SSSR count). The van der Waals surface area contributed by atoms with Crippen LogP contribution in [0.15, 0.2) is 182 Å². The Hall–Kier alpha value is -7.30. The number of nitrogens with zero attached hydrogens (tertiary/aromatic N) is 4. The van der Waals surface area contributed by atoms with Crippen LogP contribution in [-0.2, 0) is 0 Å². The third-order valence-electron chi connectivity index (χ3n) is 11.2. The average molecular weight is 717 g/mol. The Bertz CT molecular complexity index is 3160. The zero-order chi connectivity index (χ0) is 37.0. The lowest BCUT2D eigenvalue weighted by atomic mass is 10.0. The Morgan fingerprint density at radius 1 is 0.357 bits per heavy atom. The lowest BCUT2D eigenvalue weighted by molar-refractivity contribution is 1.02. The van der Waals surface area contributed by atoms with E-state index < -0.39 is 0 Å².